The van der Waals surface area contributed by atoms with Crippen LogP contribution in [0.5, 0.6) is 0 Å². The molecule has 2 nitrogen and oxygen atoms in total. The van der Waals surface area contributed by atoms with E-state index in [0.717, 1.165) is 21.1 Å². The molecule has 94 valence electrons. The van der Waals surface area contributed by atoms with Gasteiger partial charge in [-0.05, 0) is 58.2 Å². The maximum absolute atomic E-state index is 6.25. The zero-order chi connectivity index (χ0) is 13.1. The second kappa shape index (κ2) is 5.95. The molecule has 0 bridgehead atoms. The van der Waals surface area contributed by atoms with Crippen molar-refractivity contribution in [2.45, 2.75) is 19.4 Å². The first-order valence-corrected chi connectivity index (χ1v) is 7.27. The summed E-state index contributed by atoms with van der Waals surface area (Å²) in [5.41, 5.74) is 9.63. The van der Waals surface area contributed by atoms with Gasteiger partial charge in [0.05, 0.1) is 0 Å². The molecule has 2 N–H and O–H groups in total. The van der Waals surface area contributed by atoms with Crippen molar-refractivity contribution < 1.29 is 0 Å². The number of rotatable bonds is 3. The number of aromatic nitrogens is 1. The highest BCUT2D eigenvalue weighted by molar-refractivity contribution is 9.10. The molecule has 0 aliphatic carbocycles. The third-order valence-electron chi connectivity index (χ3n) is 2.85. The van der Waals surface area contributed by atoms with Gasteiger partial charge in [0.1, 0.15) is 0 Å². The highest BCUT2D eigenvalue weighted by Gasteiger charge is 2.10. The Bertz CT molecular complexity index is 538. The molecule has 0 aliphatic heterocycles. The fourth-order valence-corrected chi connectivity index (χ4v) is 2.63. The Balaban J connectivity index is 2.16. The van der Waals surface area contributed by atoms with Crippen molar-refractivity contribution in [3.63, 3.8) is 0 Å². The molecule has 0 fully saturated rings. The van der Waals surface area contributed by atoms with E-state index in [9.17, 15) is 0 Å². The van der Waals surface area contributed by atoms with E-state index in [1.54, 1.807) is 6.20 Å². The van der Waals surface area contributed by atoms with Crippen LogP contribution in [0.4, 0.5) is 0 Å². The summed E-state index contributed by atoms with van der Waals surface area (Å²) in [7, 11) is 0. The first-order valence-electron chi connectivity index (χ1n) is 5.68. The van der Waals surface area contributed by atoms with Crippen molar-refractivity contribution in [2.75, 3.05) is 0 Å². The third kappa shape index (κ3) is 3.40. The Morgan fingerprint density at radius 1 is 1.17 bits per heavy atom. The van der Waals surface area contributed by atoms with Gasteiger partial charge >= 0.3 is 0 Å². The Kier molecular flexibility index (Phi) is 4.54. The Morgan fingerprint density at radius 3 is 2.50 bits per heavy atom. The predicted octanol–water partition coefficient (Wildman–Crippen LogP) is 4.16. The van der Waals surface area contributed by atoms with Crippen molar-refractivity contribution in [1.82, 2.24) is 4.98 Å². The molecule has 0 amide bonds. The monoisotopic (exact) mass is 368 g/mol. The number of hydrogen-bond donors (Lipinski definition) is 1. The maximum atomic E-state index is 6.25. The Labute approximate surface area is 124 Å². The summed E-state index contributed by atoms with van der Waals surface area (Å²) >= 11 is 6.84. The van der Waals surface area contributed by atoms with E-state index in [1.807, 2.05) is 18.2 Å². The van der Waals surface area contributed by atoms with Gasteiger partial charge in [-0.1, -0.05) is 22.0 Å². The minimum atomic E-state index is -0.0215. The number of halogens is 2. The van der Waals surface area contributed by atoms with Gasteiger partial charge in [-0.25, -0.2) is 0 Å². The molecule has 4 heteroatoms. The van der Waals surface area contributed by atoms with Gasteiger partial charge in [0.15, 0.2) is 0 Å². The third-order valence-corrected chi connectivity index (χ3v) is 3.81. The fraction of sp³-hybridized carbons (Fsp3) is 0.214. The van der Waals surface area contributed by atoms with Crippen LogP contribution < -0.4 is 5.73 Å². The molecule has 0 saturated heterocycles. The van der Waals surface area contributed by atoms with E-state index in [0.29, 0.717) is 0 Å². The van der Waals surface area contributed by atoms with Crippen LogP contribution in [0.3, 0.4) is 0 Å². The lowest BCUT2D eigenvalue weighted by Crippen LogP contribution is -2.15. The van der Waals surface area contributed by atoms with Crippen molar-refractivity contribution in [3.8, 4) is 0 Å². The Morgan fingerprint density at radius 2 is 1.89 bits per heavy atom. The van der Waals surface area contributed by atoms with Crippen molar-refractivity contribution >= 4 is 31.9 Å². The molecule has 1 aromatic heterocycles. The normalized spacial score (nSPS) is 12.4. The minimum Gasteiger partial charge on any atom is -0.324 e. The topological polar surface area (TPSA) is 38.9 Å². The average Bonchev–Trinajstić information content (AvgIpc) is 2.32. The number of aryl methyl sites for hydroxylation is 1. The average molecular weight is 370 g/mol. The predicted molar refractivity (Wildman–Crippen MR) is 81.4 cm³/mol. The highest BCUT2D eigenvalue weighted by atomic mass is 79.9. The van der Waals surface area contributed by atoms with Crippen LogP contribution in [0.25, 0.3) is 0 Å². The second-order valence-corrected chi connectivity index (χ2v) is 6.11. The number of nitrogens with zero attached hydrogens (tertiary/aromatic N) is 1. The molecule has 0 saturated carbocycles. The summed E-state index contributed by atoms with van der Waals surface area (Å²) in [6.07, 6.45) is 2.55. The van der Waals surface area contributed by atoms with E-state index in [-0.39, 0.29) is 6.04 Å². The summed E-state index contributed by atoms with van der Waals surface area (Å²) in [5, 5.41) is 0. The van der Waals surface area contributed by atoms with Gasteiger partial charge in [0, 0.05) is 33.3 Å². The molecule has 0 aliphatic rings. The second-order valence-electron chi connectivity index (χ2n) is 4.28. The lowest BCUT2D eigenvalue weighted by Gasteiger charge is -2.14. The van der Waals surface area contributed by atoms with Crippen LogP contribution in [0.2, 0.25) is 0 Å². The number of benzene rings is 1. The van der Waals surface area contributed by atoms with E-state index >= 15 is 0 Å². The molecule has 0 radical (unpaired) electrons. The maximum Gasteiger partial charge on any atom is 0.0423 e. The summed E-state index contributed by atoms with van der Waals surface area (Å²) in [6, 6.07) is 10.2. The first-order chi connectivity index (χ1) is 8.56. The number of hydrogen-bond acceptors (Lipinski definition) is 2. The number of nitrogens with two attached hydrogens (primary N) is 1. The van der Waals surface area contributed by atoms with Gasteiger partial charge in [-0.15, -0.1) is 0 Å². The van der Waals surface area contributed by atoms with Crippen LogP contribution in [0, 0.1) is 6.92 Å². The van der Waals surface area contributed by atoms with Gasteiger partial charge in [0.2, 0.25) is 0 Å². The first kappa shape index (κ1) is 13.7. The smallest absolute Gasteiger partial charge is 0.0423 e. The molecule has 1 unspecified atom stereocenters. The van der Waals surface area contributed by atoms with Crippen LogP contribution >= 0.6 is 31.9 Å². The minimum absolute atomic E-state index is 0.0215. The SMILES string of the molecule is Cc1cc(Br)ccc1C(N)Cc1ccc(Br)cn1. The van der Waals surface area contributed by atoms with E-state index in [2.05, 4.69) is 55.9 Å². The quantitative estimate of drug-likeness (QED) is 0.882. The molecule has 2 aromatic rings. The van der Waals surface area contributed by atoms with Crippen molar-refractivity contribution in [2.24, 2.45) is 5.73 Å². The zero-order valence-corrected chi connectivity index (χ0v) is 13.2. The molecular formula is C14H14Br2N2. The van der Waals surface area contributed by atoms with Crippen LogP contribution in [-0.4, -0.2) is 4.98 Å². The standard InChI is InChI=1S/C14H14Br2N2/c1-9-6-10(15)3-5-13(9)14(17)7-12-4-2-11(16)8-18-12/h2-6,8,14H,7,17H2,1H3. The van der Waals surface area contributed by atoms with Crippen LogP contribution in [0.15, 0.2) is 45.5 Å². The molecule has 0 spiro atoms. The van der Waals surface area contributed by atoms with Gasteiger partial charge in [-0.2, -0.15) is 0 Å². The van der Waals surface area contributed by atoms with Gasteiger partial charge < -0.3 is 5.73 Å². The molecule has 1 atom stereocenters. The number of pyridine rings is 1. The van der Waals surface area contributed by atoms with Crippen molar-refractivity contribution in [1.29, 1.82) is 0 Å². The summed E-state index contributed by atoms with van der Waals surface area (Å²) in [6.45, 7) is 2.08. The molecule has 1 heterocycles. The largest absolute Gasteiger partial charge is 0.324 e. The summed E-state index contributed by atoms with van der Waals surface area (Å²) in [5.74, 6) is 0. The van der Waals surface area contributed by atoms with E-state index < -0.39 is 0 Å². The van der Waals surface area contributed by atoms with E-state index in [4.69, 9.17) is 5.73 Å². The fourth-order valence-electron chi connectivity index (χ4n) is 1.92. The molecular weight excluding hydrogens is 356 g/mol. The van der Waals surface area contributed by atoms with Gasteiger partial charge in [-0.3, -0.25) is 4.98 Å². The Hall–Kier alpha value is -0.710. The van der Waals surface area contributed by atoms with Gasteiger partial charge in [0.25, 0.3) is 0 Å². The molecule has 1 aromatic carbocycles. The van der Waals surface area contributed by atoms with Crippen LogP contribution in [0.1, 0.15) is 22.9 Å². The zero-order valence-electron chi connectivity index (χ0n) is 10.0. The highest BCUT2D eigenvalue weighted by Crippen LogP contribution is 2.22. The molecule has 18 heavy (non-hydrogen) atoms. The van der Waals surface area contributed by atoms with E-state index in [1.165, 1.54) is 11.1 Å². The lowest BCUT2D eigenvalue weighted by atomic mass is 9.98. The summed E-state index contributed by atoms with van der Waals surface area (Å²) in [4.78, 5) is 4.35. The lowest BCUT2D eigenvalue weighted by molar-refractivity contribution is 0.701. The van der Waals surface area contributed by atoms with Crippen LogP contribution in [-0.2, 0) is 6.42 Å². The summed E-state index contributed by atoms with van der Waals surface area (Å²) < 4.78 is 2.07. The van der Waals surface area contributed by atoms with Crippen molar-refractivity contribution in [3.05, 3.63) is 62.3 Å². The molecule has 2 rings (SSSR count).